The maximum absolute atomic E-state index is 5.94. The molecule has 2 aromatic carbocycles. The molecule has 2 aliphatic heterocycles. The Kier molecular flexibility index (Phi) is 4.76. The molecule has 2 nitrogen and oxygen atoms in total. The van der Waals surface area contributed by atoms with Gasteiger partial charge in [-0.3, -0.25) is 4.90 Å². The Morgan fingerprint density at radius 3 is 2.73 bits per heavy atom. The Morgan fingerprint density at radius 2 is 1.91 bits per heavy atom. The van der Waals surface area contributed by atoms with Crippen LogP contribution >= 0.6 is 28.3 Å². The highest BCUT2D eigenvalue weighted by Crippen LogP contribution is 2.42. The Morgan fingerprint density at radius 1 is 1.09 bits per heavy atom. The van der Waals surface area contributed by atoms with Crippen LogP contribution in [0.3, 0.4) is 0 Å². The molecule has 1 saturated heterocycles. The zero-order valence-electron chi connectivity index (χ0n) is 12.2. The van der Waals surface area contributed by atoms with E-state index >= 15 is 0 Å². The lowest BCUT2D eigenvalue weighted by molar-refractivity contribution is 0.212. The number of halogens is 2. The van der Waals surface area contributed by atoms with Gasteiger partial charge < -0.3 is 4.74 Å². The Balaban J connectivity index is 0.00000144. The minimum atomic E-state index is 0. The van der Waals surface area contributed by atoms with Gasteiger partial charge in [-0.25, -0.2) is 0 Å². The molecule has 2 aliphatic rings. The van der Waals surface area contributed by atoms with Crippen LogP contribution in [-0.2, 0) is 6.54 Å². The van der Waals surface area contributed by atoms with Gasteiger partial charge in [0.2, 0.25) is 0 Å². The number of ether oxygens (including phenoxy) is 1. The third kappa shape index (κ3) is 3.03. The molecule has 2 aromatic rings. The van der Waals surface area contributed by atoms with Crippen molar-refractivity contribution in [2.24, 2.45) is 5.92 Å². The molecule has 0 aromatic heterocycles. The molecule has 0 aliphatic carbocycles. The third-order valence-electron chi connectivity index (χ3n) is 4.59. The number of likely N-dealkylation sites (tertiary alicyclic amines) is 1. The summed E-state index contributed by atoms with van der Waals surface area (Å²) in [5.74, 6) is 2.30. The molecule has 0 unspecified atom stereocenters. The van der Waals surface area contributed by atoms with Gasteiger partial charge >= 0.3 is 0 Å². The fourth-order valence-corrected chi connectivity index (χ4v) is 3.97. The number of rotatable bonds is 2. The summed E-state index contributed by atoms with van der Waals surface area (Å²) in [5.41, 5.74) is 2.77. The van der Waals surface area contributed by atoms with E-state index in [2.05, 4.69) is 69.4 Å². The maximum atomic E-state index is 5.94. The number of nitrogens with zero attached hydrogens (tertiary/aromatic N) is 1. The number of hydrogen-bond donors (Lipinski definition) is 0. The van der Waals surface area contributed by atoms with Crippen LogP contribution in [0.5, 0.6) is 5.75 Å². The lowest BCUT2D eigenvalue weighted by atomic mass is 9.87. The Labute approximate surface area is 146 Å². The first-order valence-electron chi connectivity index (χ1n) is 7.48. The summed E-state index contributed by atoms with van der Waals surface area (Å²) in [5, 5.41) is 0. The summed E-state index contributed by atoms with van der Waals surface area (Å²) < 4.78 is 7.09. The van der Waals surface area contributed by atoms with Crippen molar-refractivity contribution >= 4 is 28.3 Å². The van der Waals surface area contributed by atoms with Crippen molar-refractivity contribution in [1.29, 1.82) is 0 Å². The van der Waals surface area contributed by atoms with Crippen LogP contribution in [-0.4, -0.2) is 24.6 Å². The first kappa shape index (κ1) is 15.9. The van der Waals surface area contributed by atoms with E-state index in [-0.39, 0.29) is 12.4 Å². The zero-order valence-corrected chi connectivity index (χ0v) is 14.6. The van der Waals surface area contributed by atoms with Crippen LogP contribution in [0.4, 0.5) is 0 Å². The molecule has 0 spiro atoms. The normalized spacial score (nSPS) is 23.1. The van der Waals surface area contributed by atoms with E-state index in [1.165, 1.54) is 11.1 Å². The largest absolute Gasteiger partial charge is 0.493 e. The third-order valence-corrected chi connectivity index (χ3v) is 5.08. The summed E-state index contributed by atoms with van der Waals surface area (Å²) in [6.45, 7) is 4.15. The highest BCUT2D eigenvalue weighted by molar-refractivity contribution is 9.10. The number of benzene rings is 2. The molecular formula is C18H19BrClNO. The molecule has 0 saturated carbocycles. The molecule has 1 fully saturated rings. The van der Waals surface area contributed by atoms with Gasteiger partial charge in [0.1, 0.15) is 5.75 Å². The molecular weight excluding hydrogens is 362 g/mol. The molecule has 0 bridgehead atoms. The van der Waals surface area contributed by atoms with Gasteiger partial charge in [-0.05, 0) is 23.8 Å². The van der Waals surface area contributed by atoms with E-state index < -0.39 is 0 Å². The van der Waals surface area contributed by atoms with E-state index in [0.29, 0.717) is 11.8 Å². The summed E-state index contributed by atoms with van der Waals surface area (Å²) in [6.07, 6.45) is 0. The van der Waals surface area contributed by atoms with Gasteiger partial charge in [0.25, 0.3) is 0 Å². The van der Waals surface area contributed by atoms with Gasteiger partial charge in [-0.15, -0.1) is 12.4 Å². The van der Waals surface area contributed by atoms with Crippen molar-refractivity contribution in [2.75, 3.05) is 19.7 Å². The molecule has 116 valence electrons. The van der Waals surface area contributed by atoms with Crippen molar-refractivity contribution in [3.63, 3.8) is 0 Å². The summed E-state index contributed by atoms with van der Waals surface area (Å²) in [7, 11) is 0. The van der Waals surface area contributed by atoms with Crippen LogP contribution in [0.15, 0.2) is 53.0 Å². The van der Waals surface area contributed by atoms with Crippen molar-refractivity contribution in [3.8, 4) is 5.75 Å². The number of fused-ring (bicyclic) bond motifs is 3. The Bertz CT molecular complexity index is 649. The predicted molar refractivity (Wildman–Crippen MR) is 94.8 cm³/mol. The molecule has 0 radical (unpaired) electrons. The molecule has 0 amide bonds. The summed E-state index contributed by atoms with van der Waals surface area (Å²) in [4.78, 5) is 2.56. The van der Waals surface area contributed by atoms with E-state index in [0.717, 1.165) is 36.5 Å². The van der Waals surface area contributed by atoms with Gasteiger partial charge in [-0.2, -0.15) is 0 Å². The lowest BCUT2D eigenvalue weighted by Crippen LogP contribution is -2.25. The van der Waals surface area contributed by atoms with Crippen molar-refractivity contribution in [2.45, 2.75) is 12.5 Å². The lowest BCUT2D eigenvalue weighted by Gasteiger charge is -2.27. The van der Waals surface area contributed by atoms with Gasteiger partial charge in [0.15, 0.2) is 0 Å². The monoisotopic (exact) mass is 379 g/mol. The first-order chi connectivity index (χ1) is 10.3. The molecule has 2 atom stereocenters. The summed E-state index contributed by atoms with van der Waals surface area (Å²) >= 11 is 3.59. The van der Waals surface area contributed by atoms with Gasteiger partial charge in [-0.1, -0.05) is 46.3 Å². The van der Waals surface area contributed by atoms with Crippen molar-refractivity contribution < 1.29 is 4.74 Å². The van der Waals surface area contributed by atoms with E-state index in [9.17, 15) is 0 Å². The molecule has 2 heterocycles. The Hall–Kier alpha value is -1.03. The van der Waals surface area contributed by atoms with Crippen molar-refractivity contribution in [3.05, 3.63) is 64.1 Å². The SMILES string of the molecule is Brc1ccc2c(c1)[C@H]1CN(Cc3ccccc3)C[C@@H]1CO2.Cl. The molecule has 22 heavy (non-hydrogen) atoms. The topological polar surface area (TPSA) is 12.5 Å². The van der Waals surface area contributed by atoms with Crippen LogP contribution in [0, 0.1) is 5.92 Å². The van der Waals surface area contributed by atoms with Gasteiger partial charge in [0, 0.05) is 41.5 Å². The highest BCUT2D eigenvalue weighted by atomic mass is 79.9. The fourth-order valence-electron chi connectivity index (χ4n) is 3.59. The zero-order chi connectivity index (χ0) is 14.2. The minimum absolute atomic E-state index is 0. The highest BCUT2D eigenvalue weighted by Gasteiger charge is 2.38. The van der Waals surface area contributed by atoms with Crippen LogP contribution in [0.25, 0.3) is 0 Å². The minimum Gasteiger partial charge on any atom is -0.493 e. The molecule has 4 heteroatoms. The fraction of sp³-hybridized carbons (Fsp3) is 0.333. The van der Waals surface area contributed by atoms with E-state index in [4.69, 9.17) is 4.74 Å². The van der Waals surface area contributed by atoms with Crippen LogP contribution < -0.4 is 4.74 Å². The second kappa shape index (κ2) is 6.61. The summed E-state index contributed by atoms with van der Waals surface area (Å²) in [6, 6.07) is 17.1. The number of hydrogen-bond acceptors (Lipinski definition) is 2. The van der Waals surface area contributed by atoms with E-state index in [1.807, 2.05) is 0 Å². The van der Waals surface area contributed by atoms with Crippen LogP contribution in [0.2, 0.25) is 0 Å². The van der Waals surface area contributed by atoms with Gasteiger partial charge in [0.05, 0.1) is 6.61 Å². The van der Waals surface area contributed by atoms with E-state index in [1.54, 1.807) is 0 Å². The van der Waals surface area contributed by atoms with Crippen molar-refractivity contribution in [1.82, 2.24) is 4.90 Å². The molecule has 4 rings (SSSR count). The average molecular weight is 381 g/mol. The standard InChI is InChI=1S/C18H18BrNO.ClH/c19-15-6-7-18-16(8-15)17-11-20(10-14(17)12-21-18)9-13-4-2-1-3-5-13;/h1-8,14,17H,9-12H2;1H/t14-,17+;/m1./s1. The second-order valence-electron chi connectivity index (χ2n) is 6.04. The van der Waals surface area contributed by atoms with Crippen LogP contribution in [0.1, 0.15) is 17.0 Å². The first-order valence-corrected chi connectivity index (χ1v) is 8.27. The molecule has 0 N–H and O–H groups in total. The second-order valence-corrected chi connectivity index (χ2v) is 6.96. The predicted octanol–water partition coefficient (Wildman–Crippen LogP) is 4.48. The maximum Gasteiger partial charge on any atom is 0.122 e. The quantitative estimate of drug-likeness (QED) is 0.761. The smallest absolute Gasteiger partial charge is 0.122 e. The average Bonchev–Trinajstić information content (AvgIpc) is 2.91.